The molecule has 0 spiro atoms. The van der Waals surface area contributed by atoms with Gasteiger partial charge in [-0.15, -0.1) is 17.9 Å². The largest absolute Gasteiger partial charge is 0.497 e. The van der Waals surface area contributed by atoms with E-state index in [0.717, 1.165) is 49.3 Å². The van der Waals surface area contributed by atoms with Crippen LogP contribution in [0.2, 0.25) is 0 Å². The van der Waals surface area contributed by atoms with Gasteiger partial charge in [0.2, 0.25) is 0 Å². The van der Waals surface area contributed by atoms with Crippen molar-refractivity contribution in [3.63, 3.8) is 0 Å². The van der Waals surface area contributed by atoms with Crippen molar-refractivity contribution in [3.05, 3.63) is 63.3 Å². The fraction of sp³-hybridized carbons (Fsp3) is 0.364. The Hall–Kier alpha value is -2.09. The number of hydrogen-bond donors (Lipinski definition) is 0. The maximum Gasteiger partial charge on any atom is 0.263 e. The van der Waals surface area contributed by atoms with Gasteiger partial charge < -0.3 is 9.47 Å². The van der Waals surface area contributed by atoms with Crippen molar-refractivity contribution in [2.24, 2.45) is 0 Å². The second kappa shape index (κ2) is 7.97. The van der Waals surface area contributed by atoms with E-state index < -0.39 is 0 Å². The third-order valence-electron chi connectivity index (χ3n) is 4.99. The molecule has 0 N–H and O–H groups in total. The Labute approximate surface area is 178 Å². The number of aromatic nitrogens is 2. The second-order valence-electron chi connectivity index (χ2n) is 7.64. The average Bonchev–Trinajstić information content (AvgIpc) is 3.05. The molecular formula is C22H24N2O3S2. The minimum Gasteiger partial charge on any atom is -0.497 e. The van der Waals surface area contributed by atoms with E-state index in [9.17, 15) is 4.79 Å². The topological polar surface area (TPSA) is 53.4 Å². The highest BCUT2D eigenvalue weighted by Crippen LogP contribution is 2.37. The van der Waals surface area contributed by atoms with E-state index in [1.165, 1.54) is 0 Å². The van der Waals surface area contributed by atoms with E-state index in [4.69, 9.17) is 14.5 Å². The molecule has 0 atom stereocenters. The van der Waals surface area contributed by atoms with Crippen molar-refractivity contribution < 1.29 is 9.47 Å². The summed E-state index contributed by atoms with van der Waals surface area (Å²) < 4.78 is 12.9. The number of ether oxygens (including phenoxy) is 2. The summed E-state index contributed by atoms with van der Waals surface area (Å²) in [6.45, 7) is 8.94. The molecule has 152 valence electrons. The van der Waals surface area contributed by atoms with Gasteiger partial charge in [-0.2, -0.15) is 0 Å². The van der Waals surface area contributed by atoms with E-state index in [-0.39, 0.29) is 11.2 Å². The Morgan fingerprint density at radius 2 is 2.14 bits per heavy atom. The van der Waals surface area contributed by atoms with Crippen LogP contribution in [-0.4, -0.2) is 22.3 Å². The van der Waals surface area contributed by atoms with E-state index in [1.54, 1.807) is 40.9 Å². The van der Waals surface area contributed by atoms with Gasteiger partial charge in [-0.25, -0.2) is 4.98 Å². The summed E-state index contributed by atoms with van der Waals surface area (Å²) in [7, 11) is 1.66. The molecule has 1 aliphatic rings. The van der Waals surface area contributed by atoms with Crippen molar-refractivity contribution in [1.82, 2.24) is 9.55 Å². The molecule has 0 amide bonds. The summed E-state index contributed by atoms with van der Waals surface area (Å²) in [6, 6.07) is 7.95. The molecule has 4 rings (SSSR count). The molecular weight excluding hydrogens is 404 g/mol. The Balaban J connectivity index is 1.72. The van der Waals surface area contributed by atoms with Crippen LogP contribution in [0.5, 0.6) is 5.75 Å². The fourth-order valence-corrected chi connectivity index (χ4v) is 5.59. The first-order valence-electron chi connectivity index (χ1n) is 9.47. The number of methoxy groups -OCH3 is 1. The highest BCUT2D eigenvalue weighted by atomic mass is 32.2. The first kappa shape index (κ1) is 20.2. The van der Waals surface area contributed by atoms with Gasteiger partial charge in [0.05, 0.1) is 24.7 Å². The Morgan fingerprint density at radius 3 is 2.83 bits per heavy atom. The number of rotatable bonds is 6. The first-order valence-corrected chi connectivity index (χ1v) is 11.3. The SMILES string of the molecule is C=CCn1c(SCc2ccc(OC)cc2)nc2sc3c(c2c1=O)CC(C)(C)OC3. The highest BCUT2D eigenvalue weighted by Gasteiger charge is 2.31. The van der Waals surface area contributed by atoms with Crippen LogP contribution in [0.1, 0.15) is 29.9 Å². The number of thioether (sulfide) groups is 1. The monoisotopic (exact) mass is 428 g/mol. The van der Waals surface area contributed by atoms with E-state index in [1.807, 2.05) is 24.3 Å². The summed E-state index contributed by atoms with van der Waals surface area (Å²) in [5, 5.41) is 1.47. The fourth-order valence-electron chi connectivity index (χ4n) is 3.48. The molecule has 3 aromatic rings. The van der Waals surface area contributed by atoms with Gasteiger partial charge in [-0.05, 0) is 37.1 Å². The van der Waals surface area contributed by atoms with Crippen molar-refractivity contribution >= 4 is 33.3 Å². The zero-order valence-electron chi connectivity index (χ0n) is 16.9. The molecule has 0 aliphatic carbocycles. The van der Waals surface area contributed by atoms with Crippen molar-refractivity contribution in [3.8, 4) is 5.75 Å². The van der Waals surface area contributed by atoms with Gasteiger partial charge in [0, 0.05) is 23.6 Å². The summed E-state index contributed by atoms with van der Waals surface area (Å²) in [6.07, 6.45) is 2.48. The second-order valence-corrected chi connectivity index (χ2v) is 9.67. The van der Waals surface area contributed by atoms with E-state index in [0.29, 0.717) is 13.2 Å². The minimum absolute atomic E-state index is 0.0160. The lowest BCUT2D eigenvalue weighted by molar-refractivity contribution is -0.0379. The number of nitrogens with zero attached hydrogens (tertiary/aromatic N) is 2. The minimum atomic E-state index is -0.265. The maximum atomic E-state index is 13.4. The highest BCUT2D eigenvalue weighted by molar-refractivity contribution is 7.98. The summed E-state index contributed by atoms with van der Waals surface area (Å²) in [4.78, 5) is 20.2. The average molecular weight is 429 g/mol. The van der Waals surface area contributed by atoms with E-state index in [2.05, 4.69) is 20.4 Å². The number of allylic oxidation sites excluding steroid dienone is 1. The molecule has 0 radical (unpaired) electrons. The Bertz CT molecular complexity index is 1110. The molecule has 5 nitrogen and oxygen atoms in total. The Morgan fingerprint density at radius 1 is 1.38 bits per heavy atom. The maximum absolute atomic E-state index is 13.4. The number of thiophene rings is 1. The summed E-state index contributed by atoms with van der Waals surface area (Å²) in [5.41, 5.74) is 2.00. The third kappa shape index (κ3) is 3.99. The predicted octanol–water partition coefficient (Wildman–Crippen LogP) is 4.80. The molecule has 1 aromatic carbocycles. The molecule has 7 heteroatoms. The van der Waals surface area contributed by atoms with Gasteiger partial charge in [-0.1, -0.05) is 30.0 Å². The smallest absolute Gasteiger partial charge is 0.263 e. The van der Waals surface area contributed by atoms with Crippen LogP contribution in [0.3, 0.4) is 0 Å². The molecule has 3 heterocycles. The molecule has 2 aromatic heterocycles. The molecule has 1 aliphatic heterocycles. The number of hydrogen-bond acceptors (Lipinski definition) is 6. The van der Waals surface area contributed by atoms with E-state index >= 15 is 0 Å². The van der Waals surface area contributed by atoms with Crippen LogP contribution in [0.25, 0.3) is 10.2 Å². The van der Waals surface area contributed by atoms with Gasteiger partial charge in [-0.3, -0.25) is 9.36 Å². The zero-order valence-corrected chi connectivity index (χ0v) is 18.5. The molecule has 0 bridgehead atoms. The normalized spacial score (nSPS) is 15.3. The van der Waals surface area contributed by atoms with Crippen LogP contribution in [-0.2, 0) is 30.1 Å². The number of benzene rings is 1. The zero-order chi connectivity index (χ0) is 20.6. The van der Waals surface area contributed by atoms with Gasteiger partial charge in [0.1, 0.15) is 10.6 Å². The van der Waals surface area contributed by atoms with Gasteiger partial charge in [0.15, 0.2) is 5.16 Å². The summed E-state index contributed by atoms with van der Waals surface area (Å²) in [5.74, 6) is 1.55. The molecule has 0 saturated heterocycles. The van der Waals surface area contributed by atoms with Gasteiger partial charge in [0.25, 0.3) is 5.56 Å². The van der Waals surface area contributed by atoms with Gasteiger partial charge >= 0.3 is 0 Å². The van der Waals surface area contributed by atoms with Crippen molar-refractivity contribution in [1.29, 1.82) is 0 Å². The Kier molecular flexibility index (Phi) is 5.55. The predicted molar refractivity (Wildman–Crippen MR) is 119 cm³/mol. The number of fused-ring (bicyclic) bond motifs is 3. The standard InChI is InChI=1S/C22H24N2O3S2/c1-5-10-24-20(25)18-16-11-22(2,3)27-12-17(16)29-19(18)23-21(24)28-13-14-6-8-15(26-4)9-7-14/h5-9H,1,10-13H2,2-4H3. The van der Waals surface area contributed by atoms with Crippen LogP contribution in [0, 0.1) is 0 Å². The molecule has 0 saturated carbocycles. The van der Waals surface area contributed by atoms with Crippen LogP contribution < -0.4 is 10.3 Å². The van der Waals surface area contributed by atoms with Crippen LogP contribution in [0.15, 0.2) is 46.9 Å². The van der Waals surface area contributed by atoms with Crippen LogP contribution in [0.4, 0.5) is 0 Å². The first-order chi connectivity index (χ1) is 13.9. The lowest BCUT2D eigenvalue weighted by Crippen LogP contribution is -2.32. The van der Waals surface area contributed by atoms with Crippen LogP contribution >= 0.6 is 23.1 Å². The summed E-state index contributed by atoms with van der Waals surface area (Å²) >= 11 is 3.14. The van der Waals surface area contributed by atoms with Crippen molar-refractivity contribution in [2.75, 3.05) is 7.11 Å². The quantitative estimate of drug-likeness (QED) is 0.321. The lowest BCUT2D eigenvalue weighted by Gasteiger charge is -2.29. The third-order valence-corrected chi connectivity index (χ3v) is 7.14. The molecule has 29 heavy (non-hydrogen) atoms. The lowest BCUT2D eigenvalue weighted by atomic mass is 9.94. The van der Waals surface area contributed by atoms with Crippen molar-refractivity contribution in [2.45, 2.75) is 49.9 Å². The molecule has 0 unspecified atom stereocenters. The molecule has 0 fully saturated rings.